The minimum atomic E-state index is 0.134. The number of nitrogens with zero attached hydrogens (tertiary/aromatic N) is 2. The monoisotopic (exact) mass is 210 g/mol. The SMILES string of the molecule is CC(=O)CN1CC(=O)N(C2CC2)CC1C. The summed E-state index contributed by atoms with van der Waals surface area (Å²) in [6, 6.07) is 0.812. The van der Waals surface area contributed by atoms with Gasteiger partial charge in [-0.2, -0.15) is 0 Å². The van der Waals surface area contributed by atoms with E-state index in [1.807, 2.05) is 9.80 Å². The van der Waals surface area contributed by atoms with Gasteiger partial charge in [0.2, 0.25) is 5.91 Å². The van der Waals surface area contributed by atoms with Crippen LogP contribution in [0.2, 0.25) is 0 Å². The number of ketones is 1. The number of Topliss-reactive ketones (excluding diaryl/α,β-unsaturated/α-hetero) is 1. The molecule has 0 spiro atoms. The molecule has 4 nitrogen and oxygen atoms in total. The van der Waals surface area contributed by atoms with E-state index in [4.69, 9.17) is 0 Å². The molecular formula is C11H18N2O2. The molecule has 1 saturated heterocycles. The van der Waals surface area contributed by atoms with Gasteiger partial charge in [-0.15, -0.1) is 0 Å². The van der Waals surface area contributed by atoms with E-state index in [-0.39, 0.29) is 11.7 Å². The largest absolute Gasteiger partial charge is 0.337 e. The molecule has 0 bridgehead atoms. The number of rotatable bonds is 3. The number of amides is 1. The van der Waals surface area contributed by atoms with Crippen molar-refractivity contribution >= 4 is 11.7 Å². The topological polar surface area (TPSA) is 40.6 Å². The van der Waals surface area contributed by atoms with E-state index in [1.54, 1.807) is 6.92 Å². The van der Waals surface area contributed by atoms with E-state index >= 15 is 0 Å². The minimum Gasteiger partial charge on any atom is -0.337 e. The third-order valence-electron chi connectivity index (χ3n) is 3.16. The van der Waals surface area contributed by atoms with E-state index in [0.717, 1.165) is 19.4 Å². The zero-order valence-electron chi connectivity index (χ0n) is 9.40. The van der Waals surface area contributed by atoms with Crippen molar-refractivity contribution in [3.63, 3.8) is 0 Å². The lowest BCUT2D eigenvalue weighted by Gasteiger charge is -2.39. The molecule has 1 unspecified atom stereocenters. The summed E-state index contributed by atoms with van der Waals surface area (Å²) in [6.07, 6.45) is 2.32. The maximum absolute atomic E-state index is 11.8. The van der Waals surface area contributed by atoms with Crippen molar-refractivity contribution in [1.82, 2.24) is 9.80 Å². The van der Waals surface area contributed by atoms with E-state index in [2.05, 4.69) is 6.92 Å². The first-order valence-electron chi connectivity index (χ1n) is 5.61. The molecule has 84 valence electrons. The standard InChI is InChI=1S/C11H18N2O2/c1-8-5-13(10-3-4-10)11(15)7-12(8)6-9(2)14/h8,10H,3-7H2,1-2H3. The van der Waals surface area contributed by atoms with Crippen LogP contribution >= 0.6 is 0 Å². The van der Waals surface area contributed by atoms with Gasteiger partial charge in [0.15, 0.2) is 0 Å². The van der Waals surface area contributed by atoms with Gasteiger partial charge in [-0.1, -0.05) is 0 Å². The lowest BCUT2D eigenvalue weighted by atomic mass is 10.1. The second-order valence-electron chi connectivity index (χ2n) is 4.73. The number of carbonyl (C=O) groups excluding carboxylic acids is 2. The fraction of sp³-hybridized carbons (Fsp3) is 0.818. The Balaban J connectivity index is 1.96. The molecule has 2 fully saturated rings. The van der Waals surface area contributed by atoms with Gasteiger partial charge in [0.05, 0.1) is 13.1 Å². The summed E-state index contributed by atoms with van der Waals surface area (Å²) in [6.45, 7) is 5.27. The van der Waals surface area contributed by atoms with Crippen LogP contribution < -0.4 is 0 Å². The van der Waals surface area contributed by atoms with Crippen molar-refractivity contribution < 1.29 is 9.59 Å². The average Bonchev–Trinajstić information content (AvgIpc) is 2.93. The lowest BCUT2D eigenvalue weighted by Crippen LogP contribution is -2.56. The van der Waals surface area contributed by atoms with Crippen LogP contribution in [0.25, 0.3) is 0 Å². The molecular weight excluding hydrogens is 192 g/mol. The number of hydrogen-bond acceptors (Lipinski definition) is 3. The van der Waals surface area contributed by atoms with Gasteiger partial charge in [0.1, 0.15) is 5.78 Å². The zero-order valence-corrected chi connectivity index (χ0v) is 9.40. The quantitative estimate of drug-likeness (QED) is 0.671. The first-order chi connectivity index (χ1) is 7.08. The molecule has 0 aromatic carbocycles. The Morgan fingerprint density at radius 3 is 2.67 bits per heavy atom. The van der Waals surface area contributed by atoms with E-state index < -0.39 is 0 Å². The van der Waals surface area contributed by atoms with E-state index in [1.165, 1.54) is 0 Å². The zero-order chi connectivity index (χ0) is 11.0. The molecule has 1 amide bonds. The third-order valence-corrected chi connectivity index (χ3v) is 3.16. The Bertz CT molecular complexity index is 286. The lowest BCUT2D eigenvalue weighted by molar-refractivity contribution is -0.139. The Kier molecular flexibility index (Phi) is 2.78. The highest BCUT2D eigenvalue weighted by Gasteiger charge is 2.38. The maximum Gasteiger partial charge on any atom is 0.237 e. The Labute approximate surface area is 90.2 Å². The van der Waals surface area contributed by atoms with Gasteiger partial charge in [-0.05, 0) is 26.7 Å². The molecule has 15 heavy (non-hydrogen) atoms. The molecule has 0 aromatic heterocycles. The van der Waals surface area contributed by atoms with Crippen LogP contribution in [0.3, 0.4) is 0 Å². The fourth-order valence-electron chi connectivity index (χ4n) is 2.16. The van der Waals surface area contributed by atoms with Gasteiger partial charge in [-0.3, -0.25) is 14.5 Å². The first-order valence-corrected chi connectivity index (χ1v) is 5.61. The molecule has 4 heteroatoms. The minimum absolute atomic E-state index is 0.134. The number of hydrogen-bond donors (Lipinski definition) is 0. The number of carbonyl (C=O) groups is 2. The van der Waals surface area contributed by atoms with Gasteiger partial charge < -0.3 is 4.90 Å². The third kappa shape index (κ3) is 2.37. The summed E-state index contributed by atoms with van der Waals surface area (Å²) >= 11 is 0. The maximum atomic E-state index is 11.8. The van der Waals surface area contributed by atoms with Crippen molar-refractivity contribution in [3.05, 3.63) is 0 Å². The van der Waals surface area contributed by atoms with Crippen LogP contribution in [0.5, 0.6) is 0 Å². The van der Waals surface area contributed by atoms with E-state index in [0.29, 0.717) is 25.2 Å². The highest BCUT2D eigenvalue weighted by Crippen LogP contribution is 2.29. The summed E-state index contributed by atoms with van der Waals surface area (Å²) in [5.41, 5.74) is 0. The highest BCUT2D eigenvalue weighted by molar-refractivity contribution is 5.82. The van der Waals surface area contributed by atoms with Crippen molar-refractivity contribution in [2.24, 2.45) is 0 Å². The summed E-state index contributed by atoms with van der Waals surface area (Å²) in [5, 5.41) is 0. The van der Waals surface area contributed by atoms with Crippen molar-refractivity contribution in [2.75, 3.05) is 19.6 Å². The molecule has 1 aliphatic carbocycles. The van der Waals surface area contributed by atoms with Crippen LogP contribution in [-0.2, 0) is 9.59 Å². The predicted octanol–water partition coefficient (Wildman–Crippen LogP) is 0.270. The molecule has 0 radical (unpaired) electrons. The molecule has 1 heterocycles. The normalized spacial score (nSPS) is 28.3. The highest BCUT2D eigenvalue weighted by atomic mass is 16.2. The first kappa shape index (κ1) is 10.6. The Morgan fingerprint density at radius 1 is 1.47 bits per heavy atom. The van der Waals surface area contributed by atoms with Crippen LogP contribution in [0.4, 0.5) is 0 Å². The van der Waals surface area contributed by atoms with Gasteiger partial charge in [-0.25, -0.2) is 0 Å². The summed E-state index contributed by atoms with van der Waals surface area (Å²) in [7, 11) is 0. The molecule has 0 N–H and O–H groups in total. The van der Waals surface area contributed by atoms with Crippen LogP contribution in [-0.4, -0.2) is 53.2 Å². The van der Waals surface area contributed by atoms with Crippen molar-refractivity contribution in [3.8, 4) is 0 Å². The summed E-state index contributed by atoms with van der Waals surface area (Å²) in [5.74, 6) is 0.325. The predicted molar refractivity (Wildman–Crippen MR) is 56.5 cm³/mol. The molecule has 1 atom stereocenters. The van der Waals surface area contributed by atoms with Crippen molar-refractivity contribution in [2.45, 2.75) is 38.8 Å². The van der Waals surface area contributed by atoms with Crippen LogP contribution in [0, 0.1) is 0 Å². The Morgan fingerprint density at radius 2 is 2.13 bits per heavy atom. The van der Waals surface area contributed by atoms with Crippen molar-refractivity contribution in [1.29, 1.82) is 0 Å². The molecule has 0 aromatic rings. The van der Waals surface area contributed by atoms with Gasteiger partial charge in [0.25, 0.3) is 0 Å². The van der Waals surface area contributed by atoms with Crippen LogP contribution in [0.1, 0.15) is 26.7 Å². The van der Waals surface area contributed by atoms with E-state index in [9.17, 15) is 9.59 Å². The Hall–Kier alpha value is -0.900. The molecule has 1 aliphatic heterocycles. The van der Waals surface area contributed by atoms with Gasteiger partial charge >= 0.3 is 0 Å². The second-order valence-corrected chi connectivity index (χ2v) is 4.73. The molecule has 1 saturated carbocycles. The fourth-order valence-corrected chi connectivity index (χ4v) is 2.16. The molecule has 2 aliphatic rings. The van der Waals surface area contributed by atoms with Gasteiger partial charge in [0, 0.05) is 18.6 Å². The molecule has 2 rings (SSSR count). The summed E-state index contributed by atoms with van der Waals surface area (Å²) in [4.78, 5) is 26.8. The smallest absolute Gasteiger partial charge is 0.237 e. The second kappa shape index (κ2) is 3.93. The summed E-state index contributed by atoms with van der Waals surface area (Å²) < 4.78 is 0. The average molecular weight is 210 g/mol. The van der Waals surface area contributed by atoms with Crippen LogP contribution in [0.15, 0.2) is 0 Å². The number of piperazine rings is 1.